The quantitative estimate of drug-likeness (QED) is 0.692. The van der Waals surface area contributed by atoms with Crippen molar-refractivity contribution in [3.8, 4) is 0 Å². The lowest BCUT2D eigenvalue weighted by Gasteiger charge is -2.31. The van der Waals surface area contributed by atoms with Crippen LogP contribution in [0.2, 0.25) is 0 Å². The van der Waals surface area contributed by atoms with Gasteiger partial charge in [0.1, 0.15) is 0 Å². The molecule has 0 spiro atoms. The van der Waals surface area contributed by atoms with Gasteiger partial charge in [-0.2, -0.15) is 0 Å². The van der Waals surface area contributed by atoms with Gasteiger partial charge in [0.05, 0.1) is 5.92 Å². The molecule has 3 heteroatoms. The zero-order chi connectivity index (χ0) is 10.1. The molecule has 1 fully saturated rings. The van der Waals surface area contributed by atoms with Crippen LogP contribution in [0.4, 0.5) is 0 Å². The zero-order valence-electron chi connectivity index (χ0n) is 8.03. The van der Waals surface area contributed by atoms with Crippen molar-refractivity contribution in [3.05, 3.63) is 11.6 Å². The summed E-state index contributed by atoms with van der Waals surface area (Å²) in [5.41, 5.74) is 1.19. The number of rotatable bonds is 1. The summed E-state index contributed by atoms with van der Waals surface area (Å²) in [7, 11) is 0. The molecule has 0 aromatic carbocycles. The van der Waals surface area contributed by atoms with E-state index < -0.39 is 5.97 Å². The van der Waals surface area contributed by atoms with Crippen molar-refractivity contribution in [3.63, 3.8) is 0 Å². The highest BCUT2D eigenvalue weighted by molar-refractivity contribution is 5.91. The first-order valence-electron chi connectivity index (χ1n) is 5.13. The van der Waals surface area contributed by atoms with E-state index in [1.807, 2.05) is 0 Å². The highest BCUT2D eigenvalue weighted by Gasteiger charge is 2.32. The lowest BCUT2D eigenvalue weighted by molar-refractivity contribution is -0.142. The Labute approximate surface area is 82.8 Å². The van der Waals surface area contributed by atoms with Crippen LogP contribution < -0.4 is 0 Å². The molecule has 1 N–H and O–H groups in total. The maximum atomic E-state index is 11.1. The van der Waals surface area contributed by atoms with Crippen LogP contribution in [0.15, 0.2) is 11.6 Å². The summed E-state index contributed by atoms with van der Waals surface area (Å²) in [6, 6.07) is 0. The maximum absolute atomic E-state index is 11.1. The minimum atomic E-state index is -0.680. The van der Waals surface area contributed by atoms with Crippen molar-refractivity contribution in [2.24, 2.45) is 11.8 Å². The zero-order valence-corrected chi connectivity index (χ0v) is 8.03. The van der Waals surface area contributed by atoms with Gasteiger partial charge in [0.2, 0.25) is 0 Å². The van der Waals surface area contributed by atoms with E-state index in [1.165, 1.54) is 5.57 Å². The highest BCUT2D eigenvalue weighted by atomic mass is 16.4. The molecular weight excluding hydrogens is 180 g/mol. The van der Waals surface area contributed by atoms with Gasteiger partial charge in [0, 0.05) is 6.42 Å². The fourth-order valence-corrected chi connectivity index (χ4v) is 2.47. The fourth-order valence-electron chi connectivity index (χ4n) is 2.47. The first-order chi connectivity index (χ1) is 6.66. The van der Waals surface area contributed by atoms with Crippen molar-refractivity contribution in [2.45, 2.75) is 32.1 Å². The van der Waals surface area contributed by atoms with Crippen molar-refractivity contribution >= 4 is 11.8 Å². The van der Waals surface area contributed by atoms with E-state index in [-0.39, 0.29) is 11.7 Å². The molecule has 2 atom stereocenters. The molecule has 2 rings (SSSR count). The van der Waals surface area contributed by atoms with Gasteiger partial charge in [-0.3, -0.25) is 9.59 Å². The first kappa shape index (κ1) is 9.44. The molecule has 0 aromatic heterocycles. The molecule has 2 aliphatic carbocycles. The number of carbonyl (C=O) groups is 2. The summed E-state index contributed by atoms with van der Waals surface area (Å²) in [5.74, 6) is -0.293. The van der Waals surface area contributed by atoms with Gasteiger partial charge in [0.25, 0.3) is 0 Å². The number of aliphatic carboxylic acids is 1. The molecule has 0 amide bonds. The Morgan fingerprint density at radius 3 is 2.86 bits per heavy atom. The average Bonchev–Trinajstić information content (AvgIpc) is 2.16. The molecule has 1 saturated carbocycles. The topological polar surface area (TPSA) is 54.4 Å². The summed E-state index contributed by atoms with van der Waals surface area (Å²) in [6.45, 7) is 0. The molecule has 0 heterocycles. The molecule has 0 aliphatic heterocycles. The number of ketones is 1. The Bertz CT molecular complexity index is 304. The van der Waals surface area contributed by atoms with Crippen LogP contribution in [-0.2, 0) is 9.59 Å². The predicted molar refractivity (Wildman–Crippen MR) is 50.8 cm³/mol. The number of hydrogen-bond donors (Lipinski definition) is 1. The molecule has 0 aromatic rings. The Morgan fingerprint density at radius 1 is 1.36 bits per heavy atom. The molecular formula is C11H14O3. The molecule has 14 heavy (non-hydrogen) atoms. The third-order valence-corrected chi connectivity index (χ3v) is 3.31. The largest absolute Gasteiger partial charge is 0.481 e. The normalized spacial score (nSPS) is 32.0. The Kier molecular flexibility index (Phi) is 2.40. The van der Waals surface area contributed by atoms with Gasteiger partial charge in [-0.15, -0.1) is 0 Å². The van der Waals surface area contributed by atoms with E-state index in [4.69, 9.17) is 5.11 Å². The van der Waals surface area contributed by atoms with Crippen LogP contribution in [0.25, 0.3) is 0 Å². The molecule has 0 bridgehead atoms. The van der Waals surface area contributed by atoms with E-state index in [0.29, 0.717) is 18.8 Å². The smallest absolute Gasteiger partial charge is 0.306 e. The number of fused-ring (bicyclic) bond motifs is 1. The standard InChI is InChI=1S/C11H14O3/c12-10-4-3-7-5-9(11(13)14)2-1-8(7)6-10/h6-7,9H,1-5H2,(H,13,14)/t7-,9-/m1/s1. The van der Waals surface area contributed by atoms with E-state index in [2.05, 4.69) is 0 Å². The van der Waals surface area contributed by atoms with Crippen LogP contribution in [0.3, 0.4) is 0 Å². The van der Waals surface area contributed by atoms with Crippen LogP contribution >= 0.6 is 0 Å². The van der Waals surface area contributed by atoms with Crippen molar-refractivity contribution < 1.29 is 14.7 Å². The van der Waals surface area contributed by atoms with Crippen molar-refractivity contribution in [1.82, 2.24) is 0 Å². The summed E-state index contributed by atoms with van der Waals surface area (Å²) in [5, 5.41) is 8.89. The van der Waals surface area contributed by atoms with Crippen LogP contribution in [-0.4, -0.2) is 16.9 Å². The fraction of sp³-hybridized carbons (Fsp3) is 0.636. The molecule has 0 saturated heterocycles. The Balaban J connectivity index is 2.09. The first-order valence-corrected chi connectivity index (χ1v) is 5.13. The summed E-state index contributed by atoms with van der Waals surface area (Å²) in [4.78, 5) is 21.9. The van der Waals surface area contributed by atoms with E-state index in [9.17, 15) is 9.59 Å². The minimum absolute atomic E-state index is 0.189. The average molecular weight is 194 g/mol. The Hall–Kier alpha value is -1.12. The molecule has 2 aliphatic rings. The lowest BCUT2D eigenvalue weighted by atomic mass is 9.73. The van der Waals surface area contributed by atoms with Gasteiger partial charge in [0.15, 0.2) is 5.78 Å². The third kappa shape index (κ3) is 1.72. The molecule has 0 unspecified atom stereocenters. The van der Waals surface area contributed by atoms with E-state index in [1.54, 1.807) is 6.08 Å². The SMILES string of the molecule is O=C1C=C2CC[C@@H](C(=O)O)C[C@H]2CC1. The predicted octanol–water partition coefficient (Wildman–Crippen LogP) is 1.78. The maximum Gasteiger partial charge on any atom is 0.306 e. The van der Waals surface area contributed by atoms with Gasteiger partial charge in [-0.05, 0) is 37.7 Å². The van der Waals surface area contributed by atoms with Gasteiger partial charge in [-0.1, -0.05) is 5.57 Å². The van der Waals surface area contributed by atoms with Gasteiger partial charge in [-0.25, -0.2) is 0 Å². The number of hydrogen-bond acceptors (Lipinski definition) is 2. The van der Waals surface area contributed by atoms with Gasteiger partial charge >= 0.3 is 5.97 Å². The number of carbonyl (C=O) groups excluding carboxylic acids is 1. The monoisotopic (exact) mass is 194 g/mol. The van der Waals surface area contributed by atoms with Crippen LogP contribution in [0.5, 0.6) is 0 Å². The summed E-state index contributed by atoms with van der Waals surface area (Å²) < 4.78 is 0. The summed E-state index contributed by atoms with van der Waals surface area (Å²) in [6.07, 6.45) is 5.42. The van der Waals surface area contributed by atoms with E-state index >= 15 is 0 Å². The third-order valence-electron chi connectivity index (χ3n) is 3.31. The summed E-state index contributed by atoms with van der Waals surface area (Å²) >= 11 is 0. The highest BCUT2D eigenvalue weighted by Crippen LogP contribution is 2.38. The molecule has 76 valence electrons. The molecule has 3 nitrogen and oxygen atoms in total. The molecule has 0 radical (unpaired) electrons. The van der Waals surface area contributed by atoms with Crippen molar-refractivity contribution in [1.29, 1.82) is 0 Å². The van der Waals surface area contributed by atoms with Crippen molar-refractivity contribution in [2.75, 3.05) is 0 Å². The second-order valence-corrected chi connectivity index (χ2v) is 4.23. The van der Waals surface area contributed by atoms with E-state index in [0.717, 1.165) is 19.3 Å². The van der Waals surface area contributed by atoms with Gasteiger partial charge < -0.3 is 5.11 Å². The number of carboxylic acids is 1. The van der Waals surface area contributed by atoms with Crippen LogP contribution in [0, 0.1) is 11.8 Å². The second-order valence-electron chi connectivity index (χ2n) is 4.23. The number of carboxylic acid groups (broad SMARTS) is 1. The Morgan fingerprint density at radius 2 is 2.14 bits per heavy atom. The second kappa shape index (κ2) is 3.56. The minimum Gasteiger partial charge on any atom is -0.481 e. The lowest BCUT2D eigenvalue weighted by Crippen LogP contribution is -2.27. The van der Waals surface area contributed by atoms with Crippen LogP contribution in [0.1, 0.15) is 32.1 Å². The number of allylic oxidation sites excluding steroid dienone is 2.